The average molecular weight is 560 g/mol. The van der Waals surface area contributed by atoms with E-state index in [9.17, 15) is 0 Å². The molecule has 182 valence electrons. The van der Waals surface area contributed by atoms with Crippen LogP contribution in [0.5, 0.6) is 0 Å². The van der Waals surface area contributed by atoms with Crippen molar-refractivity contribution >= 4 is 29.9 Å². The number of hydrogen-bond donors (Lipinski definition) is 2. The van der Waals surface area contributed by atoms with Crippen molar-refractivity contribution in [3.63, 3.8) is 0 Å². The van der Waals surface area contributed by atoms with Crippen molar-refractivity contribution in [1.82, 2.24) is 10.6 Å². The number of ether oxygens (including phenoxy) is 3. The molecule has 2 fully saturated rings. The molecule has 1 aromatic carbocycles. The standard InChI is InChI=1S/C25H41N3O3.HI/c1-25(2,3)23-21(9-6-12-30-23)17-28-24(26-4)27-16-19-7-5-8-20(15-19)18-31-22-10-13-29-14-11-22;/h5,7-8,15,21-23H,6,9-14,16-18H2,1-4H3,(H2,26,27,28);1H. The van der Waals surface area contributed by atoms with Crippen molar-refractivity contribution in [2.75, 3.05) is 33.4 Å². The third kappa shape index (κ3) is 8.80. The summed E-state index contributed by atoms with van der Waals surface area (Å²) >= 11 is 0. The van der Waals surface area contributed by atoms with Crippen molar-refractivity contribution in [3.05, 3.63) is 35.4 Å². The molecule has 2 saturated heterocycles. The van der Waals surface area contributed by atoms with Crippen molar-refractivity contribution in [2.45, 2.75) is 71.8 Å². The van der Waals surface area contributed by atoms with Crippen molar-refractivity contribution in [2.24, 2.45) is 16.3 Å². The molecule has 0 amide bonds. The lowest BCUT2D eigenvalue weighted by Crippen LogP contribution is -2.47. The molecule has 0 aliphatic carbocycles. The highest BCUT2D eigenvalue weighted by Gasteiger charge is 2.35. The zero-order chi connectivity index (χ0) is 22.1. The first-order valence-corrected chi connectivity index (χ1v) is 11.8. The molecule has 2 atom stereocenters. The van der Waals surface area contributed by atoms with Crippen LogP contribution in [0.2, 0.25) is 0 Å². The summed E-state index contributed by atoms with van der Waals surface area (Å²) in [7, 11) is 1.83. The summed E-state index contributed by atoms with van der Waals surface area (Å²) in [4.78, 5) is 4.41. The average Bonchev–Trinajstić information content (AvgIpc) is 2.78. The second-order valence-electron chi connectivity index (χ2n) is 9.81. The van der Waals surface area contributed by atoms with E-state index in [4.69, 9.17) is 14.2 Å². The molecule has 0 aromatic heterocycles. The van der Waals surface area contributed by atoms with Crippen LogP contribution in [-0.2, 0) is 27.4 Å². The van der Waals surface area contributed by atoms with Crippen LogP contribution in [0.25, 0.3) is 0 Å². The Morgan fingerprint density at radius 2 is 1.84 bits per heavy atom. The summed E-state index contributed by atoms with van der Waals surface area (Å²) in [5.41, 5.74) is 2.59. The van der Waals surface area contributed by atoms with Crippen LogP contribution in [0.1, 0.15) is 57.6 Å². The maximum Gasteiger partial charge on any atom is 0.191 e. The molecule has 2 aliphatic rings. The molecule has 2 aliphatic heterocycles. The molecule has 2 heterocycles. The molecule has 2 unspecified atom stereocenters. The zero-order valence-corrected chi connectivity index (χ0v) is 22.5. The number of rotatable bonds is 7. The van der Waals surface area contributed by atoms with Crippen LogP contribution in [0.3, 0.4) is 0 Å². The predicted octanol–water partition coefficient (Wildman–Crippen LogP) is 4.51. The summed E-state index contributed by atoms with van der Waals surface area (Å²) in [6.45, 7) is 11.6. The lowest BCUT2D eigenvalue weighted by Gasteiger charge is -2.40. The Morgan fingerprint density at radius 3 is 2.56 bits per heavy atom. The van der Waals surface area contributed by atoms with Crippen molar-refractivity contribution in [1.29, 1.82) is 0 Å². The summed E-state index contributed by atoms with van der Waals surface area (Å²) in [6, 6.07) is 8.59. The molecule has 0 radical (unpaired) electrons. The molecule has 3 rings (SSSR count). The van der Waals surface area contributed by atoms with E-state index < -0.39 is 0 Å². The third-order valence-corrected chi connectivity index (χ3v) is 6.16. The summed E-state index contributed by atoms with van der Waals surface area (Å²) in [5.74, 6) is 1.33. The van der Waals surface area contributed by atoms with Gasteiger partial charge in [-0.05, 0) is 42.2 Å². The minimum Gasteiger partial charge on any atom is -0.381 e. The first-order valence-electron chi connectivity index (χ1n) is 11.8. The minimum atomic E-state index is 0. The summed E-state index contributed by atoms with van der Waals surface area (Å²) in [5, 5.41) is 6.97. The largest absolute Gasteiger partial charge is 0.381 e. The predicted molar refractivity (Wildman–Crippen MR) is 141 cm³/mol. The Labute approximate surface area is 211 Å². The van der Waals surface area contributed by atoms with E-state index in [2.05, 4.69) is 60.7 Å². The SMILES string of the molecule is CN=C(NCc1cccc(COC2CCOCC2)c1)NCC1CCCOC1C(C)(C)C.I. The summed E-state index contributed by atoms with van der Waals surface area (Å²) < 4.78 is 17.6. The van der Waals surface area contributed by atoms with E-state index >= 15 is 0 Å². The molecule has 0 bridgehead atoms. The Kier molecular flexibility index (Phi) is 11.7. The molecule has 0 spiro atoms. The molecular weight excluding hydrogens is 517 g/mol. The van der Waals surface area contributed by atoms with Gasteiger partial charge in [-0.3, -0.25) is 4.99 Å². The number of hydrogen-bond acceptors (Lipinski definition) is 4. The molecule has 6 nitrogen and oxygen atoms in total. The van der Waals surface area contributed by atoms with E-state index in [1.165, 1.54) is 17.5 Å². The van der Waals surface area contributed by atoms with Gasteiger partial charge < -0.3 is 24.8 Å². The van der Waals surface area contributed by atoms with Gasteiger partial charge in [0, 0.05) is 45.9 Å². The summed E-state index contributed by atoms with van der Waals surface area (Å²) in [6.07, 6.45) is 4.91. The van der Waals surface area contributed by atoms with Crippen LogP contribution in [-0.4, -0.2) is 51.6 Å². The number of halogens is 1. The second-order valence-corrected chi connectivity index (χ2v) is 9.81. The second kappa shape index (κ2) is 13.7. The maximum atomic E-state index is 6.11. The minimum absolute atomic E-state index is 0. The van der Waals surface area contributed by atoms with E-state index in [1.54, 1.807) is 0 Å². The Balaban J connectivity index is 0.00000363. The van der Waals surface area contributed by atoms with Crippen LogP contribution in [0, 0.1) is 11.3 Å². The Morgan fingerprint density at radius 1 is 1.09 bits per heavy atom. The van der Waals surface area contributed by atoms with Crippen LogP contribution in [0.4, 0.5) is 0 Å². The van der Waals surface area contributed by atoms with Crippen LogP contribution in [0.15, 0.2) is 29.3 Å². The van der Waals surface area contributed by atoms with Gasteiger partial charge in [-0.25, -0.2) is 0 Å². The van der Waals surface area contributed by atoms with Crippen molar-refractivity contribution < 1.29 is 14.2 Å². The topological polar surface area (TPSA) is 64.1 Å². The molecule has 7 heteroatoms. The molecule has 2 N–H and O–H groups in total. The van der Waals surface area contributed by atoms with Crippen LogP contribution < -0.4 is 10.6 Å². The Bertz CT molecular complexity index is 702. The first kappa shape index (κ1) is 27.3. The van der Waals surface area contributed by atoms with Gasteiger partial charge in [0.1, 0.15) is 0 Å². The highest BCUT2D eigenvalue weighted by atomic mass is 127. The molecule has 1 aromatic rings. The Hall–Kier alpha value is -0.900. The van der Waals surface area contributed by atoms with Gasteiger partial charge in [-0.1, -0.05) is 45.0 Å². The van der Waals surface area contributed by atoms with Crippen LogP contribution >= 0.6 is 24.0 Å². The van der Waals surface area contributed by atoms with Gasteiger partial charge in [0.15, 0.2) is 5.96 Å². The maximum absolute atomic E-state index is 6.11. The van der Waals surface area contributed by atoms with Gasteiger partial charge in [0.05, 0.1) is 18.8 Å². The zero-order valence-electron chi connectivity index (χ0n) is 20.2. The smallest absolute Gasteiger partial charge is 0.191 e. The van der Waals surface area contributed by atoms with Crippen molar-refractivity contribution in [3.8, 4) is 0 Å². The van der Waals surface area contributed by atoms with E-state index in [-0.39, 0.29) is 35.5 Å². The number of nitrogens with zero attached hydrogens (tertiary/aromatic N) is 1. The van der Waals surface area contributed by atoms with E-state index in [1.807, 2.05) is 7.05 Å². The third-order valence-electron chi connectivity index (χ3n) is 6.16. The normalized spacial score (nSPS) is 22.8. The first-order chi connectivity index (χ1) is 15.0. The van der Waals surface area contributed by atoms with E-state index in [0.717, 1.165) is 58.1 Å². The quantitative estimate of drug-likeness (QED) is 0.293. The van der Waals surface area contributed by atoms with Gasteiger partial charge >= 0.3 is 0 Å². The molecular formula is C25H42IN3O3. The number of benzene rings is 1. The monoisotopic (exact) mass is 559 g/mol. The fraction of sp³-hybridized carbons (Fsp3) is 0.720. The molecule has 0 saturated carbocycles. The van der Waals surface area contributed by atoms with Gasteiger partial charge in [0.25, 0.3) is 0 Å². The lowest BCUT2D eigenvalue weighted by atomic mass is 9.78. The highest BCUT2D eigenvalue weighted by molar-refractivity contribution is 14.0. The van der Waals surface area contributed by atoms with Gasteiger partial charge in [-0.2, -0.15) is 0 Å². The fourth-order valence-electron chi connectivity index (χ4n) is 4.53. The number of aliphatic imine (C=N–C) groups is 1. The molecule has 32 heavy (non-hydrogen) atoms. The van der Waals surface area contributed by atoms with E-state index in [0.29, 0.717) is 18.6 Å². The fourth-order valence-corrected chi connectivity index (χ4v) is 4.53. The number of guanidine groups is 1. The highest BCUT2D eigenvalue weighted by Crippen LogP contribution is 2.33. The van der Waals surface area contributed by atoms with Gasteiger partial charge in [-0.15, -0.1) is 24.0 Å². The number of nitrogens with one attached hydrogen (secondary N) is 2. The van der Waals surface area contributed by atoms with Gasteiger partial charge in [0.2, 0.25) is 0 Å². The lowest BCUT2D eigenvalue weighted by molar-refractivity contribution is -0.0835.